The van der Waals surface area contributed by atoms with Gasteiger partial charge in [0.15, 0.2) is 5.65 Å². The average molecular weight is 562 g/mol. The van der Waals surface area contributed by atoms with Gasteiger partial charge in [0.2, 0.25) is 0 Å². The van der Waals surface area contributed by atoms with Gasteiger partial charge >= 0.3 is 0 Å². The van der Waals surface area contributed by atoms with E-state index in [1.54, 1.807) is 20.8 Å². The molecule has 6 nitrogen and oxygen atoms in total. The van der Waals surface area contributed by atoms with Crippen molar-refractivity contribution in [1.82, 2.24) is 13.5 Å². The molecule has 1 aliphatic heterocycles. The Morgan fingerprint density at radius 3 is 2.72 bits per heavy atom. The summed E-state index contributed by atoms with van der Waals surface area (Å²) < 4.78 is 23.2. The number of pyridine rings is 2. The normalized spacial score (nSPS) is 14.3. The van der Waals surface area contributed by atoms with Crippen LogP contribution < -0.4 is 10.5 Å². The van der Waals surface area contributed by atoms with Gasteiger partial charge < -0.3 is 14.2 Å². The van der Waals surface area contributed by atoms with Crippen LogP contribution in [0.1, 0.15) is 5.56 Å². The largest absolute Gasteiger partial charge is 0.378 e. The SMILES string of the molecule is O=c1cc(-c2cn(S)c3ncc(N4CCOCC4)cc23)ccn1Cc1cc(F)cc(I)c1. The number of halogens is 2. The fourth-order valence-electron chi connectivity index (χ4n) is 4.01. The standard InChI is InChI=1S/C23H20FIN4O2S/c24-17-7-15(8-18(25)10-17)13-28-2-1-16(9-22(28)30)21-14-29(32)23-20(21)11-19(12-26-23)27-3-5-31-6-4-27/h1-2,7-12,14,32H,3-6,13H2. The van der Waals surface area contributed by atoms with Crippen molar-refractivity contribution in [3.8, 4) is 11.1 Å². The van der Waals surface area contributed by atoms with Crippen LogP contribution in [0, 0.1) is 9.39 Å². The maximum atomic E-state index is 13.7. The van der Waals surface area contributed by atoms with E-state index in [1.165, 1.54) is 12.1 Å². The van der Waals surface area contributed by atoms with Crippen LogP contribution in [0.5, 0.6) is 0 Å². The molecule has 5 rings (SSSR count). The van der Waals surface area contributed by atoms with Crippen molar-refractivity contribution in [1.29, 1.82) is 0 Å². The fraction of sp³-hybridized carbons (Fsp3) is 0.217. The number of nitrogens with zero attached hydrogens (tertiary/aromatic N) is 4. The van der Waals surface area contributed by atoms with E-state index in [1.807, 2.05) is 24.5 Å². The monoisotopic (exact) mass is 562 g/mol. The second-order valence-electron chi connectivity index (χ2n) is 7.71. The molecule has 4 aromatic rings. The lowest BCUT2D eigenvalue weighted by Crippen LogP contribution is -2.36. The molecule has 0 aliphatic carbocycles. The molecule has 1 fully saturated rings. The molecular formula is C23H20FIN4O2S. The Bertz CT molecular complexity index is 1340. The Labute approximate surface area is 203 Å². The van der Waals surface area contributed by atoms with Gasteiger partial charge in [0.25, 0.3) is 5.56 Å². The quantitative estimate of drug-likeness (QED) is 0.300. The van der Waals surface area contributed by atoms with Gasteiger partial charge in [-0.2, -0.15) is 0 Å². The number of aromatic nitrogens is 3. The van der Waals surface area contributed by atoms with Crippen molar-refractivity contribution < 1.29 is 9.13 Å². The number of thiol groups is 1. The number of anilines is 1. The molecule has 4 heterocycles. The summed E-state index contributed by atoms with van der Waals surface area (Å²) in [4.78, 5) is 19.7. The van der Waals surface area contributed by atoms with Crippen LogP contribution >= 0.6 is 35.4 Å². The van der Waals surface area contributed by atoms with Crippen molar-refractivity contribution in [2.45, 2.75) is 6.54 Å². The topological polar surface area (TPSA) is 52.3 Å². The summed E-state index contributed by atoms with van der Waals surface area (Å²) in [5.41, 5.74) is 4.03. The second kappa shape index (κ2) is 8.87. The molecule has 0 unspecified atom stereocenters. The zero-order valence-electron chi connectivity index (χ0n) is 17.0. The smallest absolute Gasteiger partial charge is 0.251 e. The Morgan fingerprint density at radius 2 is 1.97 bits per heavy atom. The first-order chi connectivity index (χ1) is 15.5. The number of benzene rings is 1. The van der Waals surface area contributed by atoms with E-state index in [4.69, 9.17) is 4.74 Å². The van der Waals surface area contributed by atoms with E-state index in [2.05, 4.69) is 51.4 Å². The average Bonchev–Trinajstić information content (AvgIpc) is 3.11. The first-order valence-electron chi connectivity index (χ1n) is 10.2. The Kier molecular flexibility index (Phi) is 5.95. The van der Waals surface area contributed by atoms with Crippen LogP contribution in [-0.4, -0.2) is 39.8 Å². The number of fused-ring (bicyclic) bond motifs is 1. The zero-order chi connectivity index (χ0) is 22.2. The van der Waals surface area contributed by atoms with E-state index >= 15 is 0 Å². The lowest BCUT2D eigenvalue weighted by molar-refractivity contribution is 0.122. The highest BCUT2D eigenvalue weighted by Gasteiger charge is 2.16. The minimum atomic E-state index is -0.304. The molecule has 3 aromatic heterocycles. The molecule has 0 atom stereocenters. The van der Waals surface area contributed by atoms with Gasteiger partial charge in [-0.3, -0.25) is 8.77 Å². The molecule has 164 valence electrons. The molecule has 9 heteroatoms. The highest BCUT2D eigenvalue weighted by Crippen LogP contribution is 2.32. The van der Waals surface area contributed by atoms with Gasteiger partial charge in [0.1, 0.15) is 5.82 Å². The third kappa shape index (κ3) is 4.28. The maximum Gasteiger partial charge on any atom is 0.251 e. The van der Waals surface area contributed by atoms with Crippen molar-refractivity contribution in [2.24, 2.45) is 0 Å². The van der Waals surface area contributed by atoms with Gasteiger partial charge in [-0.25, -0.2) is 9.37 Å². The molecular weight excluding hydrogens is 542 g/mol. The summed E-state index contributed by atoms with van der Waals surface area (Å²) in [5.74, 6) is -0.304. The van der Waals surface area contributed by atoms with E-state index in [0.29, 0.717) is 19.8 Å². The summed E-state index contributed by atoms with van der Waals surface area (Å²) in [6, 6.07) is 10.4. The molecule has 0 saturated carbocycles. The second-order valence-corrected chi connectivity index (χ2v) is 9.39. The van der Waals surface area contributed by atoms with E-state index in [-0.39, 0.29) is 11.4 Å². The highest BCUT2D eigenvalue weighted by atomic mass is 127. The minimum Gasteiger partial charge on any atom is -0.378 e. The number of rotatable bonds is 4. The molecule has 0 radical (unpaired) electrons. The number of hydrogen-bond donors (Lipinski definition) is 1. The van der Waals surface area contributed by atoms with Gasteiger partial charge in [0.05, 0.1) is 31.6 Å². The van der Waals surface area contributed by atoms with E-state index in [9.17, 15) is 9.18 Å². The van der Waals surface area contributed by atoms with Gasteiger partial charge in [0, 0.05) is 46.1 Å². The highest BCUT2D eigenvalue weighted by molar-refractivity contribution is 14.1. The predicted octanol–water partition coefficient (Wildman–Crippen LogP) is 4.19. The molecule has 1 saturated heterocycles. The summed E-state index contributed by atoms with van der Waals surface area (Å²) in [7, 11) is 0. The summed E-state index contributed by atoms with van der Waals surface area (Å²) in [6.07, 6.45) is 5.47. The Morgan fingerprint density at radius 1 is 1.16 bits per heavy atom. The van der Waals surface area contributed by atoms with Crippen LogP contribution in [0.25, 0.3) is 22.2 Å². The predicted molar refractivity (Wildman–Crippen MR) is 135 cm³/mol. The zero-order valence-corrected chi connectivity index (χ0v) is 20.1. The van der Waals surface area contributed by atoms with E-state index in [0.717, 1.165) is 50.1 Å². The lowest BCUT2D eigenvalue weighted by Gasteiger charge is -2.28. The molecule has 0 spiro atoms. The summed E-state index contributed by atoms with van der Waals surface area (Å²) in [6.45, 7) is 3.34. The van der Waals surface area contributed by atoms with Crippen LogP contribution in [-0.2, 0) is 11.3 Å². The maximum absolute atomic E-state index is 13.7. The third-order valence-electron chi connectivity index (χ3n) is 5.57. The Balaban J connectivity index is 1.50. The number of hydrogen-bond acceptors (Lipinski definition) is 5. The van der Waals surface area contributed by atoms with Crippen molar-refractivity contribution in [3.05, 3.63) is 80.3 Å². The molecule has 1 aliphatic rings. The van der Waals surface area contributed by atoms with Crippen LogP contribution in [0.15, 0.2) is 59.8 Å². The fourth-order valence-corrected chi connectivity index (χ4v) is 4.98. The third-order valence-corrected chi connectivity index (χ3v) is 6.50. The number of ether oxygens (including phenoxy) is 1. The summed E-state index contributed by atoms with van der Waals surface area (Å²) >= 11 is 6.59. The Hall–Kier alpha value is -2.37. The van der Waals surface area contributed by atoms with Crippen LogP contribution in [0.2, 0.25) is 0 Å². The molecule has 1 aromatic carbocycles. The first kappa shape index (κ1) is 21.5. The van der Waals surface area contributed by atoms with Crippen LogP contribution in [0.4, 0.5) is 10.1 Å². The molecule has 0 bridgehead atoms. The molecule has 32 heavy (non-hydrogen) atoms. The van der Waals surface area contributed by atoms with Crippen molar-refractivity contribution >= 4 is 52.1 Å². The van der Waals surface area contributed by atoms with Gasteiger partial charge in [-0.05, 0) is 64.0 Å². The minimum absolute atomic E-state index is 0.154. The summed E-state index contributed by atoms with van der Waals surface area (Å²) in [5, 5.41) is 0.931. The molecule has 0 amide bonds. The first-order valence-corrected chi connectivity index (χ1v) is 11.6. The van der Waals surface area contributed by atoms with Gasteiger partial charge in [-0.1, -0.05) is 12.8 Å². The van der Waals surface area contributed by atoms with Crippen LogP contribution in [0.3, 0.4) is 0 Å². The van der Waals surface area contributed by atoms with Crippen molar-refractivity contribution in [3.63, 3.8) is 0 Å². The lowest BCUT2D eigenvalue weighted by atomic mass is 10.1. The molecule has 0 N–H and O–H groups in total. The van der Waals surface area contributed by atoms with E-state index < -0.39 is 0 Å². The van der Waals surface area contributed by atoms with Gasteiger partial charge in [-0.15, -0.1) is 0 Å². The van der Waals surface area contributed by atoms with Crippen molar-refractivity contribution in [2.75, 3.05) is 31.2 Å². The number of morpholine rings is 1.